The van der Waals surface area contributed by atoms with Gasteiger partial charge in [0.25, 0.3) is 5.91 Å². The maximum absolute atomic E-state index is 12.6. The molecule has 1 aliphatic heterocycles. The topological polar surface area (TPSA) is 109 Å². The summed E-state index contributed by atoms with van der Waals surface area (Å²) in [6.07, 6.45) is 3.10. The van der Waals surface area contributed by atoms with E-state index in [2.05, 4.69) is 5.32 Å². The smallest absolute Gasteiger partial charge is 0.338 e. The molecule has 0 aromatic heterocycles. The number of anilines is 1. The van der Waals surface area contributed by atoms with Crippen molar-refractivity contribution in [3.8, 4) is 23.0 Å². The predicted octanol–water partition coefficient (Wildman–Crippen LogP) is 4.30. The first kappa shape index (κ1) is 25.3. The molecule has 1 aliphatic rings. The fraction of sp³-hybridized carbons (Fsp3) is 0.179. The Kier molecular flexibility index (Phi) is 7.73. The first-order chi connectivity index (χ1) is 17.9. The average Bonchev–Trinajstić information content (AvgIpc) is 3.29. The van der Waals surface area contributed by atoms with Gasteiger partial charge in [0.15, 0.2) is 23.9 Å². The second kappa shape index (κ2) is 11.3. The van der Waals surface area contributed by atoms with Crippen LogP contribution in [0.1, 0.15) is 31.8 Å². The van der Waals surface area contributed by atoms with Crippen LogP contribution in [0.4, 0.5) is 5.69 Å². The zero-order valence-corrected chi connectivity index (χ0v) is 20.5. The van der Waals surface area contributed by atoms with Crippen molar-refractivity contribution in [3.05, 3.63) is 82.9 Å². The van der Waals surface area contributed by atoms with Gasteiger partial charge in [0.2, 0.25) is 5.75 Å². The van der Waals surface area contributed by atoms with E-state index in [1.165, 1.54) is 27.4 Å². The number of ether oxygens (including phenoxy) is 5. The minimum atomic E-state index is -0.366. The number of benzene rings is 3. The van der Waals surface area contributed by atoms with Crippen molar-refractivity contribution in [2.24, 2.45) is 0 Å². The predicted molar refractivity (Wildman–Crippen MR) is 136 cm³/mol. The lowest BCUT2D eigenvalue weighted by molar-refractivity contribution is -0.118. The van der Waals surface area contributed by atoms with Gasteiger partial charge in [0, 0.05) is 16.8 Å². The molecule has 0 radical (unpaired) electrons. The molecule has 9 heteroatoms. The van der Waals surface area contributed by atoms with E-state index in [0.29, 0.717) is 45.4 Å². The number of allylic oxidation sites excluding steroid dienone is 1. The van der Waals surface area contributed by atoms with Gasteiger partial charge in [-0.25, -0.2) is 4.79 Å². The second-order valence-corrected chi connectivity index (χ2v) is 7.97. The maximum Gasteiger partial charge on any atom is 0.338 e. The van der Waals surface area contributed by atoms with Crippen LogP contribution in [0.2, 0.25) is 0 Å². The molecule has 0 saturated carbocycles. The van der Waals surface area contributed by atoms with E-state index >= 15 is 0 Å². The first-order valence-electron chi connectivity index (χ1n) is 11.3. The van der Waals surface area contributed by atoms with Gasteiger partial charge >= 0.3 is 5.97 Å². The van der Waals surface area contributed by atoms with Gasteiger partial charge in [-0.2, -0.15) is 0 Å². The molecule has 4 rings (SSSR count). The third-order valence-electron chi connectivity index (χ3n) is 5.59. The molecule has 190 valence electrons. The van der Waals surface area contributed by atoms with Gasteiger partial charge in [-0.3, -0.25) is 9.59 Å². The van der Waals surface area contributed by atoms with Crippen molar-refractivity contribution in [1.82, 2.24) is 0 Å². The third-order valence-corrected chi connectivity index (χ3v) is 5.59. The highest BCUT2D eigenvalue weighted by atomic mass is 16.5. The van der Waals surface area contributed by atoms with Gasteiger partial charge in [0.05, 0.1) is 26.9 Å². The van der Waals surface area contributed by atoms with E-state index in [4.69, 9.17) is 23.7 Å². The van der Waals surface area contributed by atoms with Crippen LogP contribution in [0.3, 0.4) is 0 Å². The van der Waals surface area contributed by atoms with Crippen molar-refractivity contribution >= 4 is 29.4 Å². The number of methoxy groups -OCH3 is 3. The van der Waals surface area contributed by atoms with Gasteiger partial charge in [-0.15, -0.1) is 0 Å². The molecular weight excluding hydrogens is 478 g/mol. The Morgan fingerprint density at radius 3 is 2.30 bits per heavy atom. The molecule has 0 spiro atoms. The van der Waals surface area contributed by atoms with E-state index in [-0.39, 0.29) is 30.9 Å². The Hall–Kier alpha value is -4.79. The molecule has 1 heterocycles. The molecule has 1 N–H and O–H groups in total. The van der Waals surface area contributed by atoms with Crippen molar-refractivity contribution in [2.45, 2.75) is 6.61 Å². The number of cyclic esters (lactones) is 1. The Bertz CT molecular complexity index is 1340. The minimum absolute atomic E-state index is 0.192. The Labute approximate surface area is 213 Å². The van der Waals surface area contributed by atoms with E-state index in [9.17, 15) is 14.4 Å². The standard InChI is InChI=1S/C28H25NO8/c1-33-24-12-17(13-25(34-2)27(24)35-3)4-11-23(30)18-5-8-21(9-6-18)36-16-26(31)29-20-7-10-22-19(14-20)15-37-28(22)32/h4-14H,15-16H2,1-3H3,(H,29,31)/b11-4+. The van der Waals surface area contributed by atoms with E-state index in [1.54, 1.807) is 60.7 Å². The summed E-state index contributed by atoms with van der Waals surface area (Å²) in [5.41, 5.74) is 2.93. The average molecular weight is 504 g/mol. The SMILES string of the molecule is COc1cc(/C=C/C(=O)c2ccc(OCC(=O)Nc3ccc4c(c3)COC4=O)cc2)cc(OC)c1OC. The molecule has 1 amide bonds. The number of fused-ring (bicyclic) bond motifs is 1. The van der Waals surface area contributed by atoms with Crippen LogP contribution in [-0.4, -0.2) is 45.6 Å². The molecule has 0 bridgehead atoms. The lowest BCUT2D eigenvalue weighted by Gasteiger charge is -2.12. The van der Waals surface area contributed by atoms with Crippen LogP contribution < -0.4 is 24.3 Å². The quantitative estimate of drug-likeness (QED) is 0.248. The zero-order valence-electron chi connectivity index (χ0n) is 20.5. The number of hydrogen-bond acceptors (Lipinski definition) is 8. The summed E-state index contributed by atoms with van der Waals surface area (Å²) in [5.74, 6) is 0.939. The van der Waals surface area contributed by atoms with Crippen LogP contribution in [0.5, 0.6) is 23.0 Å². The van der Waals surface area contributed by atoms with Crippen LogP contribution >= 0.6 is 0 Å². The minimum Gasteiger partial charge on any atom is -0.493 e. The number of rotatable bonds is 10. The molecule has 9 nitrogen and oxygen atoms in total. The summed E-state index contributed by atoms with van der Waals surface area (Å²) in [5, 5.41) is 2.72. The van der Waals surface area contributed by atoms with Gasteiger partial charge in [0.1, 0.15) is 12.4 Å². The number of carbonyl (C=O) groups is 3. The number of amides is 1. The Morgan fingerprint density at radius 2 is 1.65 bits per heavy atom. The highest BCUT2D eigenvalue weighted by molar-refractivity contribution is 6.07. The lowest BCUT2D eigenvalue weighted by Crippen LogP contribution is -2.20. The van der Waals surface area contributed by atoms with Crippen molar-refractivity contribution < 1.29 is 38.1 Å². The fourth-order valence-electron chi connectivity index (χ4n) is 3.74. The molecule has 0 saturated heterocycles. The summed E-state index contributed by atoms with van der Waals surface area (Å²) in [7, 11) is 4.57. The molecule has 37 heavy (non-hydrogen) atoms. The first-order valence-corrected chi connectivity index (χ1v) is 11.3. The van der Waals surface area contributed by atoms with E-state index in [1.807, 2.05) is 0 Å². The summed E-state index contributed by atoms with van der Waals surface area (Å²) in [6, 6.07) is 14.9. The lowest BCUT2D eigenvalue weighted by atomic mass is 10.1. The molecule has 0 atom stereocenters. The summed E-state index contributed by atoms with van der Waals surface area (Å²) in [6.45, 7) is -0.0298. The van der Waals surface area contributed by atoms with E-state index < -0.39 is 0 Å². The van der Waals surface area contributed by atoms with Crippen molar-refractivity contribution in [2.75, 3.05) is 33.3 Å². The van der Waals surface area contributed by atoms with Crippen molar-refractivity contribution in [1.29, 1.82) is 0 Å². The van der Waals surface area contributed by atoms with Gasteiger partial charge < -0.3 is 29.0 Å². The Morgan fingerprint density at radius 1 is 0.946 bits per heavy atom. The molecular formula is C28H25NO8. The second-order valence-electron chi connectivity index (χ2n) is 7.97. The third kappa shape index (κ3) is 5.90. The van der Waals surface area contributed by atoms with Gasteiger partial charge in [-0.05, 0) is 66.2 Å². The van der Waals surface area contributed by atoms with Crippen LogP contribution in [0.15, 0.2) is 60.7 Å². The van der Waals surface area contributed by atoms with Crippen LogP contribution in [-0.2, 0) is 16.1 Å². The number of hydrogen-bond donors (Lipinski definition) is 1. The number of esters is 1. The van der Waals surface area contributed by atoms with E-state index in [0.717, 1.165) is 5.56 Å². The fourth-order valence-corrected chi connectivity index (χ4v) is 3.74. The largest absolute Gasteiger partial charge is 0.493 e. The molecule has 0 fully saturated rings. The molecule has 0 aliphatic carbocycles. The zero-order chi connectivity index (χ0) is 26.4. The summed E-state index contributed by atoms with van der Waals surface area (Å²) >= 11 is 0. The summed E-state index contributed by atoms with van der Waals surface area (Å²) in [4.78, 5) is 36.4. The normalized spacial score (nSPS) is 12.0. The highest BCUT2D eigenvalue weighted by Crippen LogP contribution is 2.38. The summed E-state index contributed by atoms with van der Waals surface area (Å²) < 4.78 is 26.5. The number of ketones is 1. The van der Waals surface area contributed by atoms with Crippen LogP contribution in [0.25, 0.3) is 6.08 Å². The number of nitrogens with one attached hydrogen (secondary N) is 1. The highest BCUT2D eigenvalue weighted by Gasteiger charge is 2.21. The Balaban J connectivity index is 1.33. The van der Waals surface area contributed by atoms with Crippen molar-refractivity contribution in [3.63, 3.8) is 0 Å². The van der Waals surface area contributed by atoms with Gasteiger partial charge in [-0.1, -0.05) is 6.08 Å². The maximum atomic E-state index is 12.6. The molecule has 3 aromatic rings. The molecule has 3 aromatic carbocycles. The molecule has 0 unspecified atom stereocenters. The monoisotopic (exact) mass is 503 g/mol. The van der Waals surface area contributed by atoms with Crippen LogP contribution in [0, 0.1) is 0 Å². The number of carbonyl (C=O) groups excluding carboxylic acids is 3.